The van der Waals surface area contributed by atoms with Crippen LogP contribution in [0.1, 0.15) is 34.7 Å². The van der Waals surface area contributed by atoms with Gasteiger partial charge in [-0.1, -0.05) is 22.0 Å². The molecule has 26 heavy (non-hydrogen) atoms. The quantitative estimate of drug-likeness (QED) is 0.580. The van der Waals surface area contributed by atoms with Gasteiger partial charge in [0.1, 0.15) is 0 Å². The van der Waals surface area contributed by atoms with Crippen LogP contribution in [0.5, 0.6) is 0 Å². The summed E-state index contributed by atoms with van der Waals surface area (Å²) in [7, 11) is 0. The molecule has 0 aliphatic carbocycles. The smallest absolute Gasteiger partial charge is 0.174 e. The Morgan fingerprint density at radius 1 is 1.12 bits per heavy atom. The van der Waals surface area contributed by atoms with Crippen LogP contribution in [0, 0.1) is 13.8 Å². The van der Waals surface area contributed by atoms with Crippen LogP contribution in [0.4, 0.5) is 5.69 Å². The van der Waals surface area contributed by atoms with Gasteiger partial charge in [0.2, 0.25) is 0 Å². The number of aryl methyl sites for hydroxylation is 2. The number of halogens is 1. The Kier molecular flexibility index (Phi) is 4.54. The maximum Gasteiger partial charge on any atom is 0.174 e. The Labute approximate surface area is 166 Å². The van der Waals surface area contributed by atoms with Gasteiger partial charge < -0.3 is 15.2 Å². The van der Waals surface area contributed by atoms with Crippen LogP contribution in [0.3, 0.4) is 0 Å². The van der Waals surface area contributed by atoms with Crippen LogP contribution < -0.4 is 10.2 Å². The molecule has 2 atom stereocenters. The first-order valence-corrected chi connectivity index (χ1v) is 9.67. The monoisotopic (exact) mass is 426 g/mol. The van der Waals surface area contributed by atoms with E-state index in [2.05, 4.69) is 68.2 Å². The van der Waals surface area contributed by atoms with Crippen LogP contribution in [-0.2, 0) is 0 Å². The maximum absolute atomic E-state index is 5.72. The zero-order valence-electron chi connectivity index (χ0n) is 14.5. The molecule has 3 aromatic rings. The van der Waals surface area contributed by atoms with E-state index in [1.807, 2.05) is 36.5 Å². The molecule has 4 nitrogen and oxygen atoms in total. The molecule has 3 heterocycles. The van der Waals surface area contributed by atoms with Crippen molar-refractivity contribution in [2.45, 2.75) is 25.9 Å². The average Bonchev–Trinajstić information content (AvgIpc) is 3.15. The van der Waals surface area contributed by atoms with E-state index in [1.165, 1.54) is 5.56 Å². The summed E-state index contributed by atoms with van der Waals surface area (Å²) in [5.74, 6) is 0. The lowest BCUT2D eigenvalue weighted by Gasteiger charge is -2.28. The number of aromatic nitrogens is 2. The van der Waals surface area contributed by atoms with Crippen LogP contribution in [-0.4, -0.2) is 15.1 Å². The second-order valence-electron chi connectivity index (χ2n) is 6.51. The summed E-state index contributed by atoms with van der Waals surface area (Å²) in [4.78, 5) is 10.2. The molecule has 0 saturated carbocycles. The van der Waals surface area contributed by atoms with Crippen molar-refractivity contribution in [1.29, 1.82) is 0 Å². The van der Waals surface area contributed by atoms with Crippen molar-refractivity contribution in [3.05, 3.63) is 81.8 Å². The minimum atomic E-state index is -0.0127. The van der Waals surface area contributed by atoms with E-state index in [-0.39, 0.29) is 12.1 Å². The molecule has 0 radical (unpaired) electrons. The largest absolute Gasteiger partial charge is 0.362 e. The molecule has 1 aliphatic rings. The highest BCUT2D eigenvalue weighted by Crippen LogP contribution is 2.42. The lowest BCUT2D eigenvalue weighted by molar-refractivity contribution is 0.566. The lowest BCUT2D eigenvalue weighted by atomic mass is 9.96. The normalized spacial score (nSPS) is 19.7. The third-order valence-electron chi connectivity index (χ3n) is 4.71. The van der Waals surface area contributed by atoms with Gasteiger partial charge in [0.15, 0.2) is 5.11 Å². The first kappa shape index (κ1) is 17.2. The highest BCUT2D eigenvalue weighted by molar-refractivity contribution is 9.10. The van der Waals surface area contributed by atoms with Crippen LogP contribution in [0.15, 0.2) is 59.2 Å². The number of H-pyrrole nitrogens is 1. The van der Waals surface area contributed by atoms with Crippen LogP contribution in [0.25, 0.3) is 0 Å². The van der Waals surface area contributed by atoms with Gasteiger partial charge in [-0.05, 0) is 74.1 Å². The summed E-state index contributed by atoms with van der Waals surface area (Å²) in [6, 6.07) is 16.5. The van der Waals surface area contributed by atoms with Crippen molar-refractivity contribution in [1.82, 2.24) is 15.3 Å². The number of anilines is 1. The summed E-state index contributed by atoms with van der Waals surface area (Å²) < 4.78 is 1.05. The third kappa shape index (κ3) is 3.04. The summed E-state index contributed by atoms with van der Waals surface area (Å²) >= 11 is 9.24. The Morgan fingerprint density at radius 2 is 1.88 bits per heavy atom. The van der Waals surface area contributed by atoms with Crippen molar-refractivity contribution < 1.29 is 0 Å². The second kappa shape index (κ2) is 6.85. The predicted octanol–water partition coefficient (Wildman–Crippen LogP) is 4.97. The van der Waals surface area contributed by atoms with Crippen molar-refractivity contribution in [3.8, 4) is 0 Å². The first-order valence-electron chi connectivity index (χ1n) is 8.47. The Hall–Kier alpha value is -2.18. The number of aromatic amines is 1. The number of hydrogen-bond donors (Lipinski definition) is 2. The van der Waals surface area contributed by atoms with E-state index in [9.17, 15) is 0 Å². The van der Waals surface area contributed by atoms with E-state index in [1.54, 1.807) is 0 Å². The Morgan fingerprint density at radius 3 is 2.50 bits per heavy atom. The van der Waals surface area contributed by atoms with Gasteiger partial charge in [0.25, 0.3) is 0 Å². The topological polar surface area (TPSA) is 44.0 Å². The van der Waals surface area contributed by atoms with Crippen molar-refractivity contribution in [2.24, 2.45) is 0 Å². The SMILES string of the molecule is Cc1cc([C@H]2[C@@H](c3ccccn3)NC(=S)N2c2ccc(Br)cc2)c(C)[nH]1. The molecule has 4 rings (SSSR count). The minimum Gasteiger partial charge on any atom is -0.362 e. The van der Waals surface area contributed by atoms with E-state index < -0.39 is 0 Å². The van der Waals surface area contributed by atoms with Crippen molar-refractivity contribution in [3.63, 3.8) is 0 Å². The number of rotatable bonds is 3. The molecule has 2 aromatic heterocycles. The molecule has 1 saturated heterocycles. The number of pyridine rings is 1. The molecule has 2 N–H and O–H groups in total. The van der Waals surface area contributed by atoms with E-state index in [0.717, 1.165) is 27.2 Å². The Balaban J connectivity index is 1.85. The molecule has 0 unspecified atom stereocenters. The number of thiocarbonyl (C=S) groups is 1. The van der Waals surface area contributed by atoms with Gasteiger partial charge in [0.05, 0.1) is 17.8 Å². The predicted molar refractivity (Wildman–Crippen MR) is 112 cm³/mol. The molecule has 1 aliphatic heterocycles. The van der Waals surface area contributed by atoms with Gasteiger partial charge in [-0.2, -0.15) is 0 Å². The maximum atomic E-state index is 5.72. The molecule has 6 heteroatoms. The fourth-order valence-corrected chi connectivity index (χ4v) is 4.21. The average molecular weight is 427 g/mol. The van der Waals surface area contributed by atoms with Gasteiger partial charge in [0, 0.05) is 27.7 Å². The fourth-order valence-electron chi connectivity index (χ4n) is 3.60. The van der Waals surface area contributed by atoms with Crippen molar-refractivity contribution in [2.75, 3.05) is 4.90 Å². The van der Waals surface area contributed by atoms with Crippen LogP contribution >= 0.6 is 28.1 Å². The second-order valence-corrected chi connectivity index (χ2v) is 7.81. The summed E-state index contributed by atoms with van der Waals surface area (Å²) in [6.07, 6.45) is 1.83. The standard InChI is InChI=1S/C20H19BrN4S/c1-12-11-16(13(2)23-12)19-18(17-5-3-4-10-22-17)24-20(26)25(19)15-8-6-14(21)7-9-15/h3-11,18-19,23H,1-2H3,(H,24,26)/t18-,19+/m1/s1. The first-order chi connectivity index (χ1) is 12.5. The number of hydrogen-bond acceptors (Lipinski definition) is 2. The molecule has 0 spiro atoms. The Bertz CT molecular complexity index is 936. The molecule has 0 bridgehead atoms. The summed E-state index contributed by atoms with van der Waals surface area (Å²) in [5, 5.41) is 4.20. The highest BCUT2D eigenvalue weighted by Gasteiger charge is 2.41. The fraction of sp³-hybridized carbons (Fsp3) is 0.200. The minimum absolute atomic E-state index is 0.0127. The molecule has 0 amide bonds. The van der Waals surface area contributed by atoms with Gasteiger partial charge in [-0.15, -0.1) is 0 Å². The van der Waals surface area contributed by atoms with Crippen molar-refractivity contribution >= 4 is 38.9 Å². The van der Waals surface area contributed by atoms with Gasteiger partial charge >= 0.3 is 0 Å². The van der Waals surface area contributed by atoms with Gasteiger partial charge in [-0.25, -0.2) is 0 Å². The van der Waals surface area contributed by atoms with Gasteiger partial charge in [-0.3, -0.25) is 4.98 Å². The summed E-state index contributed by atoms with van der Waals surface area (Å²) in [5.41, 5.74) is 5.58. The van der Waals surface area contributed by atoms with E-state index in [4.69, 9.17) is 12.2 Å². The number of nitrogens with one attached hydrogen (secondary N) is 2. The zero-order valence-corrected chi connectivity index (χ0v) is 16.9. The molecular weight excluding hydrogens is 408 g/mol. The molecule has 1 fully saturated rings. The van der Waals surface area contributed by atoms with E-state index in [0.29, 0.717) is 5.11 Å². The zero-order chi connectivity index (χ0) is 18.3. The van der Waals surface area contributed by atoms with E-state index >= 15 is 0 Å². The molecule has 132 valence electrons. The number of nitrogens with zero attached hydrogens (tertiary/aromatic N) is 2. The van der Waals surface area contributed by atoms with Crippen LogP contribution in [0.2, 0.25) is 0 Å². The third-order valence-corrected chi connectivity index (χ3v) is 5.55. The molecule has 1 aromatic carbocycles. The number of benzene rings is 1. The highest BCUT2D eigenvalue weighted by atomic mass is 79.9. The molecular formula is C20H19BrN4S. The lowest BCUT2D eigenvalue weighted by Crippen LogP contribution is -2.29. The summed E-state index contributed by atoms with van der Waals surface area (Å²) in [6.45, 7) is 4.19.